The van der Waals surface area contributed by atoms with Crippen LogP contribution >= 0.6 is 11.6 Å². The molecule has 3 nitrogen and oxygen atoms in total. The molecule has 0 bridgehead atoms. The van der Waals surface area contributed by atoms with Crippen molar-refractivity contribution >= 4 is 23.2 Å². The summed E-state index contributed by atoms with van der Waals surface area (Å²) < 4.78 is 6.01. The quantitative estimate of drug-likeness (QED) is 0.407. The second-order valence-electron chi connectivity index (χ2n) is 7.12. The molecule has 0 spiro atoms. The van der Waals surface area contributed by atoms with Crippen LogP contribution in [0.5, 0.6) is 11.5 Å². The number of ketones is 2. The number of benzene rings is 3. The number of carbonyl (C=O) groups is 2. The number of halogens is 1. The number of fused-ring (bicyclic) bond motifs is 2. The maximum absolute atomic E-state index is 13.4. The number of Topliss-reactive ketones (excluding diaryl/α,β-unsaturated/α-hetero) is 2. The van der Waals surface area contributed by atoms with Gasteiger partial charge in [0, 0.05) is 27.6 Å². The molecule has 0 radical (unpaired) electrons. The van der Waals surface area contributed by atoms with Gasteiger partial charge >= 0.3 is 0 Å². The van der Waals surface area contributed by atoms with Crippen LogP contribution in [-0.4, -0.2) is 11.6 Å². The summed E-state index contributed by atoms with van der Waals surface area (Å²) in [6, 6.07) is 20.2. The van der Waals surface area contributed by atoms with Crippen molar-refractivity contribution in [1.29, 1.82) is 0 Å². The van der Waals surface area contributed by atoms with Crippen LogP contribution in [0.1, 0.15) is 39.9 Å². The lowest BCUT2D eigenvalue weighted by Crippen LogP contribution is -2.31. The van der Waals surface area contributed by atoms with Crippen molar-refractivity contribution in [1.82, 2.24) is 0 Å². The molecule has 3 aromatic rings. The van der Waals surface area contributed by atoms with Gasteiger partial charge in [0.25, 0.3) is 0 Å². The van der Waals surface area contributed by atoms with Crippen LogP contribution in [0.15, 0.2) is 66.7 Å². The highest BCUT2D eigenvalue weighted by Crippen LogP contribution is 2.49. The van der Waals surface area contributed by atoms with Crippen LogP contribution in [0.3, 0.4) is 0 Å². The van der Waals surface area contributed by atoms with Gasteiger partial charge in [0.1, 0.15) is 17.3 Å². The van der Waals surface area contributed by atoms with Gasteiger partial charge in [0.15, 0.2) is 5.78 Å². The Morgan fingerprint density at radius 1 is 0.929 bits per heavy atom. The molecule has 0 saturated heterocycles. The topological polar surface area (TPSA) is 43.4 Å². The summed E-state index contributed by atoms with van der Waals surface area (Å²) in [4.78, 5) is 26.1. The highest BCUT2D eigenvalue weighted by Gasteiger charge is 2.40. The lowest BCUT2D eigenvalue weighted by atomic mass is 9.74. The molecule has 3 aromatic carbocycles. The molecule has 1 heterocycles. The van der Waals surface area contributed by atoms with Crippen molar-refractivity contribution in [3.63, 3.8) is 0 Å². The molecule has 0 aliphatic carbocycles. The van der Waals surface area contributed by atoms with Crippen LogP contribution < -0.4 is 4.74 Å². The lowest BCUT2D eigenvalue weighted by molar-refractivity contribution is -0.119. The Balaban J connectivity index is 1.89. The Hall–Kier alpha value is -2.91. The highest BCUT2D eigenvalue weighted by atomic mass is 35.5. The zero-order valence-corrected chi connectivity index (χ0v) is 16.4. The third-order valence-electron chi connectivity index (χ3n) is 5.17. The van der Waals surface area contributed by atoms with Gasteiger partial charge in [-0.05, 0) is 38.1 Å². The van der Waals surface area contributed by atoms with Crippen molar-refractivity contribution in [2.75, 3.05) is 0 Å². The molecule has 0 amide bonds. The van der Waals surface area contributed by atoms with Gasteiger partial charge < -0.3 is 4.74 Å². The highest BCUT2D eigenvalue weighted by molar-refractivity contribution is 6.30. The largest absolute Gasteiger partial charge is 0.457 e. The van der Waals surface area contributed by atoms with Gasteiger partial charge in [-0.25, -0.2) is 0 Å². The molecular weight excluding hydrogens is 372 g/mol. The van der Waals surface area contributed by atoms with E-state index in [0.717, 1.165) is 16.7 Å². The molecule has 4 rings (SSSR count). The van der Waals surface area contributed by atoms with E-state index in [4.69, 9.17) is 16.3 Å². The third kappa shape index (κ3) is 3.23. The molecule has 2 atom stereocenters. The van der Waals surface area contributed by atoms with E-state index in [0.29, 0.717) is 22.1 Å². The first-order valence-corrected chi connectivity index (χ1v) is 9.51. The first kappa shape index (κ1) is 18.5. The Morgan fingerprint density at radius 2 is 1.61 bits per heavy atom. The summed E-state index contributed by atoms with van der Waals surface area (Å²) in [5.41, 5.74) is 3.16. The van der Waals surface area contributed by atoms with Crippen LogP contribution in [0.4, 0.5) is 0 Å². The molecular formula is C24H19ClO3. The zero-order valence-electron chi connectivity index (χ0n) is 15.6. The number of rotatable bonds is 4. The van der Waals surface area contributed by atoms with Gasteiger partial charge in [-0.1, -0.05) is 59.6 Å². The van der Waals surface area contributed by atoms with E-state index >= 15 is 0 Å². The van der Waals surface area contributed by atoms with Crippen LogP contribution in [-0.2, 0) is 4.79 Å². The molecule has 4 heteroatoms. The summed E-state index contributed by atoms with van der Waals surface area (Å²) in [5, 5.41) is 0.539. The van der Waals surface area contributed by atoms with Gasteiger partial charge in [-0.15, -0.1) is 0 Å². The average molecular weight is 391 g/mol. The van der Waals surface area contributed by atoms with Crippen molar-refractivity contribution in [2.45, 2.75) is 19.8 Å². The third-order valence-corrected chi connectivity index (χ3v) is 5.41. The van der Waals surface area contributed by atoms with Gasteiger partial charge in [0.05, 0.1) is 5.92 Å². The van der Waals surface area contributed by atoms with Gasteiger partial charge in [-0.2, -0.15) is 0 Å². The van der Waals surface area contributed by atoms with E-state index in [1.165, 1.54) is 6.92 Å². The number of ether oxygens (including phenoxy) is 1. The number of carbonyl (C=O) groups excluding carboxylic acids is 2. The predicted molar refractivity (Wildman–Crippen MR) is 109 cm³/mol. The maximum atomic E-state index is 13.4. The van der Waals surface area contributed by atoms with Crippen molar-refractivity contribution < 1.29 is 14.3 Å². The second kappa shape index (κ2) is 7.25. The second-order valence-corrected chi connectivity index (χ2v) is 7.55. The first-order valence-electron chi connectivity index (χ1n) is 9.13. The molecule has 1 aliphatic heterocycles. The van der Waals surface area contributed by atoms with E-state index in [1.54, 1.807) is 30.3 Å². The average Bonchev–Trinajstić information content (AvgIpc) is 2.68. The monoisotopic (exact) mass is 390 g/mol. The summed E-state index contributed by atoms with van der Waals surface area (Å²) in [6.45, 7) is 3.43. The fourth-order valence-corrected chi connectivity index (χ4v) is 3.98. The SMILES string of the molecule is CC(=O)[C@H](C(=O)c1ccc(C)cc1)[C@H]1c2ccccc2Oc2ccc(Cl)cc21. The summed E-state index contributed by atoms with van der Waals surface area (Å²) >= 11 is 6.24. The Labute approximate surface area is 168 Å². The van der Waals surface area contributed by atoms with Crippen LogP contribution in [0, 0.1) is 12.8 Å². The molecule has 0 unspecified atom stereocenters. The molecule has 28 heavy (non-hydrogen) atoms. The molecule has 140 valence electrons. The predicted octanol–water partition coefficient (Wildman–Crippen LogP) is 5.97. The minimum absolute atomic E-state index is 0.182. The summed E-state index contributed by atoms with van der Waals surface area (Å²) in [5.74, 6) is -0.408. The van der Waals surface area contributed by atoms with Crippen LogP contribution in [0.25, 0.3) is 0 Å². The fraction of sp³-hybridized carbons (Fsp3) is 0.167. The standard InChI is InChI=1S/C24H19ClO3/c1-14-7-9-16(10-8-14)24(27)22(15(2)26)23-18-5-3-4-6-20(18)28-21-12-11-17(25)13-19(21)23/h3-13,22-23H,1-2H3/t22-,23-/m0/s1. The van der Waals surface area contributed by atoms with Crippen LogP contribution in [0.2, 0.25) is 5.02 Å². The molecule has 0 fully saturated rings. The van der Waals surface area contributed by atoms with Gasteiger partial charge in [-0.3, -0.25) is 9.59 Å². The summed E-state index contributed by atoms with van der Waals surface area (Å²) in [6.07, 6.45) is 0. The van der Waals surface area contributed by atoms with E-state index in [1.807, 2.05) is 43.3 Å². The van der Waals surface area contributed by atoms with E-state index in [9.17, 15) is 9.59 Å². The molecule has 0 saturated carbocycles. The number of hydrogen-bond acceptors (Lipinski definition) is 3. The Bertz CT molecular complexity index is 1070. The van der Waals surface area contributed by atoms with Gasteiger partial charge in [0.2, 0.25) is 0 Å². The summed E-state index contributed by atoms with van der Waals surface area (Å²) in [7, 11) is 0. The van der Waals surface area contributed by atoms with E-state index in [2.05, 4.69) is 0 Å². The minimum Gasteiger partial charge on any atom is -0.457 e. The smallest absolute Gasteiger partial charge is 0.174 e. The fourth-order valence-electron chi connectivity index (χ4n) is 3.80. The molecule has 0 aromatic heterocycles. The number of hydrogen-bond donors (Lipinski definition) is 0. The van der Waals surface area contributed by atoms with E-state index < -0.39 is 11.8 Å². The first-order chi connectivity index (χ1) is 13.5. The Kier molecular flexibility index (Phi) is 4.78. The normalized spacial score (nSPS) is 15.8. The maximum Gasteiger partial charge on any atom is 0.174 e. The number of para-hydroxylation sites is 1. The van der Waals surface area contributed by atoms with Crippen molar-refractivity contribution in [3.05, 3.63) is 94.0 Å². The lowest BCUT2D eigenvalue weighted by Gasteiger charge is -2.32. The van der Waals surface area contributed by atoms with Crippen molar-refractivity contribution in [2.24, 2.45) is 5.92 Å². The number of aryl methyl sites for hydroxylation is 1. The van der Waals surface area contributed by atoms with Crippen molar-refractivity contribution in [3.8, 4) is 11.5 Å². The molecule has 1 aliphatic rings. The minimum atomic E-state index is -0.857. The zero-order chi connectivity index (χ0) is 19.8. The van der Waals surface area contributed by atoms with E-state index in [-0.39, 0.29) is 11.6 Å². The Morgan fingerprint density at radius 3 is 2.32 bits per heavy atom. The molecule has 0 N–H and O–H groups in total.